The van der Waals surface area contributed by atoms with E-state index in [2.05, 4.69) is 17.0 Å². The van der Waals surface area contributed by atoms with Gasteiger partial charge < -0.3 is 10.4 Å². The molecule has 6 unspecified atom stereocenters. The number of hydrogen-bond acceptors (Lipinski definition) is 7. The van der Waals surface area contributed by atoms with Gasteiger partial charge in [-0.1, -0.05) is 50.6 Å². The quantitative estimate of drug-likeness (QED) is 0.350. The summed E-state index contributed by atoms with van der Waals surface area (Å²) < 4.78 is 52.8. The molecule has 11 heteroatoms. The highest BCUT2D eigenvalue weighted by Gasteiger charge is 2.36. The first-order valence-corrected chi connectivity index (χ1v) is 16.9. The molecular formula is C28H40N2O7S2. The summed E-state index contributed by atoms with van der Waals surface area (Å²) in [6, 6.07) is 9.47. The number of sulfonamides is 1. The van der Waals surface area contributed by atoms with E-state index in [9.17, 15) is 31.5 Å². The molecule has 1 amide bonds. The molecule has 1 aliphatic rings. The van der Waals surface area contributed by atoms with Crippen molar-refractivity contribution in [2.45, 2.75) is 76.0 Å². The zero-order chi connectivity index (χ0) is 29.0. The van der Waals surface area contributed by atoms with Gasteiger partial charge in [-0.25, -0.2) is 21.6 Å². The number of aliphatic hydroxyl groups is 1. The average Bonchev–Trinajstić information content (AvgIpc) is 2.86. The van der Waals surface area contributed by atoms with Gasteiger partial charge in [0.25, 0.3) is 0 Å². The Balaban J connectivity index is 1.77. The van der Waals surface area contributed by atoms with Gasteiger partial charge >= 0.3 is 0 Å². The van der Waals surface area contributed by atoms with E-state index in [-0.39, 0.29) is 22.5 Å². The largest absolute Gasteiger partial charge is 0.391 e. The lowest BCUT2D eigenvalue weighted by atomic mass is 9.70. The SMILES string of the molecule is CCC(NC(=O)C(CS(=O)(=O)c1ccc2ccccc2c1)NS(C)(=O)=O)C(O)CC1CCC(C)CC1C(C)=O. The molecule has 1 saturated carbocycles. The van der Waals surface area contributed by atoms with E-state index >= 15 is 0 Å². The number of benzene rings is 2. The predicted molar refractivity (Wildman–Crippen MR) is 151 cm³/mol. The van der Waals surface area contributed by atoms with E-state index in [1.807, 2.05) is 12.1 Å². The highest BCUT2D eigenvalue weighted by molar-refractivity contribution is 7.91. The predicted octanol–water partition coefficient (Wildman–Crippen LogP) is 2.82. The van der Waals surface area contributed by atoms with Crippen LogP contribution in [0.2, 0.25) is 0 Å². The van der Waals surface area contributed by atoms with Gasteiger partial charge in [-0.2, -0.15) is 0 Å². The highest BCUT2D eigenvalue weighted by atomic mass is 32.2. The van der Waals surface area contributed by atoms with Crippen LogP contribution < -0.4 is 10.0 Å². The molecule has 1 fully saturated rings. The zero-order valence-electron chi connectivity index (χ0n) is 23.0. The van der Waals surface area contributed by atoms with E-state index < -0.39 is 49.7 Å². The van der Waals surface area contributed by atoms with Crippen LogP contribution in [0.4, 0.5) is 0 Å². The van der Waals surface area contributed by atoms with Gasteiger partial charge in [-0.3, -0.25) is 9.59 Å². The fraction of sp³-hybridized carbons (Fsp3) is 0.571. The second kappa shape index (κ2) is 12.9. The van der Waals surface area contributed by atoms with Crippen molar-refractivity contribution < 1.29 is 31.5 Å². The first-order chi connectivity index (χ1) is 18.2. The van der Waals surface area contributed by atoms with Gasteiger partial charge in [-0.05, 0) is 67.3 Å². The smallest absolute Gasteiger partial charge is 0.239 e. The van der Waals surface area contributed by atoms with Crippen LogP contribution in [0, 0.1) is 17.8 Å². The Hall–Kier alpha value is -2.34. The number of amides is 1. The minimum Gasteiger partial charge on any atom is -0.391 e. The summed E-state index contributed by atoms with van der Waals surface area (Å²) in [4.78, 5) is 25.5. The molecule has 0 radical (unpaired) electrons. The van der Waals surface area contributed by atoms with Crippen LogP contribution in [0.25, 0.3) is 10.8 Å². The third-order valence-corrected chi connectivity index (χ3v) is 10.1. The van der Waals surface area contributed by atoms with Gasteiger partial charge in [0.1, 0.15) is 11.8 Å². The second-order valence-electron chi connectivity index (χ2n) is 11.0. The first-order valence-electron chi connectivity index (χ1n) is 13.4. The number of hydrogen-bond donors (Lipinski definition) is 3. The standard InChI is InChI=1S/C28H40N2O7S2/c1-5-25(27(32)16-22-11-10-18(2)14-24(22)19(3)31)29-28(33)26(30-38(4,34)35)17-39(36,37)23-13-12-20-8-6-7-9-21(20)15-23/h6-9,12-13,15,18,22,24-27,30,32H,5,10-11,14,16-17H2,1-4H3,(H,29,33). The Bertz CT molecular complexity index is 1390. The van der Waals surface area contributed by atoms with Gasteiger partial charge in [-0.15, -0.1) is 0 Å². The van der Waals surface area contributed by atoms with Crippen LogP contribution in [0.15, 0.2) is 47.4 Å². The molecule has 2 aromatic carbocycles. The summed E-state index contributed by atoms with van der Waals surface area (Å²) in [7, 11) is -8.00. The Kier molecular flexibility index (Phi) is 10.3. The summed E-state index contributed by atoms with van der Waals surface area (Å²) >= 11 is 0. The Morgan fingerprint density at radius 2 is 1.72 bits per heavy atom. The van der Waals surface area contributed by atoms with E-state index in [1.165, 1.54) is 12.1 Å². The van der Waals surface area contributed by atoms with Gasteiger partial charge in [0.05, 0.1) is 29.0 Å². The summed E-state index contributed by atoms with van der Waals surface area (Å²) in [5.41, 5.74) is 0. The topological polar surface area (TPSA) is 147 Å². The van der Waals surface area contributed by atoms with Crippen LogP contribution in [-0.4, -0.2) is 63.8 Å². The molecule has 0 bridgehead atoms. The number of sulfone groups is 1. The highest BCUT2D eigenvalue weighted by Crippen LogP contribution is 2.37. The van der Waals surface area contributed by atoms with Crippen molar-refractivity contribution in [2.24, 2.45) is 17.8 Å². The monoisotopic (exact) mass is 580 g/mol. The maximum atomic E-state index is 13.3. The molecule has 1 aliphatic carbocycles. The number of nitrogens with one attached hydrogen (secondary N) is 2. The Labute approximate surface area is 231 Å². The van der Waals surface area contributed by atoms with E-state index in [0.717, 1.165) is 30.9 Å². The number of aliphatic hydroxyl groups excluding tert-OH is 1. The lowest BCUT2D eigenvalue weighted by Gasteiger charge is -2.36. The molecule has 0 heterocycles. The first kappa shape index (κ1) is 31.2. The van der Waals surface area contributed by atoms with Crippen molar-refractivity contribution in [1.82, 2.24) is 10.0 Å². The number of Topliss-reactive ketones (excluding diaryl/α,β-unsaturated/α-hetero) is 1. The lowest BCUT2D eigenvalue weighted by molar-refractivity contribution is -0.126. The number of rotatable bonds is 12. The van der Waals surface area contributed by atoms with Crippen LogP contribution >= 0.6 is 0 Å². The van der Waals surface area contributed by atoms with Crippen molar-refractivity contribution in [3.05, 3.63) is 42.5 Å². The molecule has 6 atom stereocenters. The number of carbonyl (C=O) groups excluding carboxylic acids is 2. The number of ketones is 1. The fourth-order valence-electron chi connectivity index (χ4n) is 5.55. The molecule has 0 aromatic heterocycles. The second-order valence-corrected chi connectivity index (χ2v) is 14.8. The average molecular weight is 581 g/mol. The molecule has 0 saturated heterocycles. The lowest BCUT2D eigenvalue weighted by Crippen LogP contribution is -2.54. The fourth-order valence-corrected chi connectivity index (χ4v) is 7.81. The zero-order valence-corrected chi connectivity index (χ0v) is 24.6. The molecule has 3 N–H and O–H groups in total. The van der Waals surface area contributed by atoms with E-state index in [0.29, 0.717) is 24.1 Å². The summed E-state index contributed by atoms with van der Waals surface area (Å²) in [6.07, 6.45) is 3.05. The van der Waals surface area contributed by atoms with Crippen molar-refractivity contribution in [1.29, 1.82) is 0 Å². The van der Waals surface area contributed by atoms with Crippen LogP contribution in [0.3, 0.4) is 0 Å². The molecule has 3 rings (SSSR count). The van der Waals surface area contributed by atoms with Gasteiger partial charge in [0.15, 0.2) is 9.84 Å². The Morgan fingerprint density at radius 3 is 2.33 bits per heavy atom. The molecular weight excluding hydrogens is 540 g/mol. The van der Waals surface area contributed by atoms with Crippen LogP contribution in [0.5, 0.6) is 0 Å². The van der Waals surface area contributed by atoms with Gasteiger partial charge in [0.2, 0.25) is 15.9 Å². The Morgan fingerprint density at radius 1 is 1.05 bits per heavy atom. The van der Waals surface area contributed by atoms with Crippen molar-refractivity contribution in [3.63, 3.8) is 0 Å². The van der Waals surface area contributed by atoms with Crippen LogP contribution in [0.1, 0.15) is 52.9 Å². The van der Waals surface area contributed by atoms with Crippen molar-refractivity contribution >= 4 is 42.3 Å². The molecule has 0 aliphatic heterocycles. The maximum Gasteiger partial charge on any atom is 0.239 e. The van der Waals surface area contributed by atoms with Crippen molar-refractivity contribution in [3.8, 4) is 0 Å². The molecule has 2 aromatic rings. The number of fused-ring (bicyclic) bond motifs is 1. The van der Waals surface area contributed by atoms with E-state index in [4.69, 9.17) is 0 Å². The third-order valence-electron chi connectivity index (χ3n) is 7.69. The maximum absolute atomic E-state index is 13.3. The summed E-state index contributed by atoms with van der Waals surface area (Å²) in [5, 5.41) is 15.2. The van der Waals surface area contributed by atoms with Crippen LogP contribution in [-0.2, 0) is 29.4 Å². The number of carbonyl (C=O) groups is 2. The van der Waals surface area contributed by atoms with Gasteiger partial charge in [0, 0.05) is 5.92 Å². The minimum absolute atomic E-state index is 0.0159. The summed E-state index contributed by atoms with van der Waals surface area (Å²) in [6.45, 7) is 5.45. The normalized spacial score (nSPS) is 22.6. The third kappa shape index (κ3) is 8.57. The minimum atomic E-state index is -4.06. The summed E-state index contributed by atoms with van der Waals surface area (Å²) in [5.74, 6) is -1.27. The van der Waals surface area contributed by atoms with Crippen molar-refractivity contribution in [2.75, 3.05) is 12.0 Å². The molecule has 9 nitrogen and oxygen atoms in total. The molecule has 0 spiro atoms. The van der Waals surface area contributed by atoms with E-state index in [1.54, 1.807) is 32.0 Å². The molecule has 216 valence electrons. The molecule has 39 heavy (non-hydrogen) atoms.